The molecule has 1 rings (SSSR count). The summed E-state index contributed by atoms with van der Waals surface area (Å²) in [7, 11) is 0. The molecule has 0 aliphatic carbocycles. The van der Waals surface area contributed by atoms with Crippen LogP contribution in [-0.2, 0) is 6.42 Å². The number of hydrogen-bond donors (Lipinski definition) is 0. The van der Waals surface area contributed by atoms with E-state index in [4.69, 9.17) is 15.3 Å². The molecule has 16 heavy (non-hydrogen) atoms. The van der Waals surface area contributed by atoms with Gasteiger partial charge in [-0.2, -0.15) is 0 Å². The SMILES string of the molecule is CCc1ccccccc[sH+]1.O.O=[N+]([O-])[O-]. The minimum atomic E-state index is -1.75. The Balaban J connectivity index is 0. The normalized spacial score (nSPS) is 7.56. The van der Waals surface area contributed by atoms with E-state index in [-0.39, 0.29) is 5.48 Å². The fourth-order valence-electron chi connectivity index (χ4n) is 0.800. The zero-order valence-corrected chi connectivity index (χ0v) is 9.76. The molecule has 0 atom stereocenters. The zero-order chi connectivity index (χ0) is 11.5. The van der Waals surface area contributed by atoms with Gasteiger partial charge in [-0.1, -0.05) is 31.2 Å². The molecular weight excluding hydrogens is 230 g/mol. The second-order valence-electron chi connectivity index (χ2n) is 2.48. The summed E-state index contributed by atoms with van der Waals surface area (Å²) in [5, 5.41) is 16.9. The van der Waals surface area contributed by atoms with Gasteiger partial charge in [-0.15, -0.1) is 0 Å². The van der Waals surface area contributed by atoms with Crippen molar-refractivity contribution in [1.29, 1.82) is 0 Å². The van der Waals surface area contributed by atoms with Crippen molar-refractivity contribution in [3.8, 4) is 0 Å². The van der Waals surface area contributed by atoms with Crippen LogP contribution in [0.5, 0.6) is 0 Å². The summed E-state index contributed by atoms with van der Waals surface area (Å²) in [6.07, 6.45) is 1.14. The fraction of sp³-hybridized carbons (Fsp3) is 0.200. The Morgan fingerprint density at radius 3 is 2.25 bits per heavy atom. The quantitative estimate of drug-likeness (QED) is 0.430. The molecule has 0 unspecified atom stereocenters. The summed E-state index contributed by atoms with van der Waals surface area (Å²) in [4.78, 5) is 9.71. The number of rotatable bonds is 1. The lowest BCUT2D eigenvalue weighted by Crippen LogP contribution is -1.74. The largest absolute Gasteiger partial charge is 0.412 e. The maximum atomic E-state index is 8.25. The Labute approximate surface area is 97.7 Å². The fourth-order valence-corrected chi connectivity index (χ4v) is 1.53. The number of aryl methyl sites for hydroxylation is 1. The summed E-state index contributed by atoms with van der Waals surface area (Å²) in [6, 6.07) is 12.5. The summed E-state index contributed by atoms with van der Waals surface area (Å²) < 4.78 is 0. The minimum absolute atomic E-state index is 0. The molecule has 1 aromatic heterocycles. The van der Waals surface area contributed by atoms with E-state index in [0.29, 0.717) is 0 Å². The predicted molar refractivity (Wildman–Crippen MR) is 66.7 cm³/mol. The molecule has 0 aliphatic heterocycles. The van der Waals surface area contributed by atoms with Crippen LogP contribution in [0.2, 0.25) is 0 Å². The maximum absolute atomic E-state index is 8.25. The smallest absolute Gasteiger partial charge is 0.147 e. The van der Waals surface area contributed by atoms with Gasteiger partial charge in [0.05, 0.1) is 5.09 Å². The summed E-state index contributed by atoms with van der Waals surface area (Å²) in [5.74, 6) is 0. The molecule has 1 aromatic rings. The molecule has 0 aliphatic rings. The summed E-state index contributed by atoms with van der Waals surface area (Å²) in [6.45, 7) is 2.19. The van der Waals surface area contributed by atoms with E-state index in [1.807, 2.05) is 6.07 Å². The Morgan fingerprint density at radius 2 is 1.69 bits per heavy atom. The van der Waals surface area contributed by atoms with Crippen molar-refractivity contribution in [2.45, 2.75) is 13.3 Å². The van der Waals surface area contributed by atoms with Gasteiger partial charge in [-0.05, 0) is 23.5 Å². The molecule has 0 amide bonds. The average Bonchev–Trinajstić information content (AvgIpc) is 2.29. The van der Waals surface area contributed by atoms with Gasteiger partial charge in [0.15, 0.2) is 0 Å². The molecule has 0 saturated heterocycles. The van der Waals surface area contributed by atoms with Crippen LogP contribution in [0.25, 0.3) is 0 Å². The molecule has 0 radical (unpaired) electrons. The van der Waals surface area contributed by atoms with Crippen molar-refractivity contribution < 1.29 is 10.6 Å². The maximum Gasteiger partial charge on any atom is 0.147 e. The van der Waals surface area contributed by atoms with Gasteiger partial charge in [-0.3, -0.25) is 0 Å². The molecule has 0 saturated carbocycles. The van der Waals surface area contributed by atoms with Crippen LogP contribution < -0.4 is 0 Å². The van der Waals surface area contributed by atoms with Crippen molar-refractivity contribution in [1.82, 2.24) is 0 Å². The molecule has 0 fully saturated rings. The van der Waals surface area contributed by atoms with Crippen LogP contribution in [0.3, 0.4) is 0 Å². The molecule has 0 aromatic carbocycles. The first kappa shape index (κ1) is 16.8. The van der Waals surface area contributed by atoms with E-state index in [9.17, 15) is 0 Å². The van der Waals surface area contributed by atoms with E-state index in [1.54, 1.807) is 0 Å². The highest BCUT2D eigenvalue weighted by molar-refractivity contribution is 7.09. The molecule has 90 valence electrons. The molecule has 2 N–H and O–H groups in total. The first-order chi connectivity index (χ1) is 7.16. The highest BCUT2D eigenvalue weighted by atomic mass is 32.1. The highest BCUT2D eigenvalue weighted by Crippen LogP contribution is 2.03. The second kappa shape index (κ2) is 11.4. The van der Waals surface area contributed by atoms with Crippen LogP contribution in [0.15, 0.2) is 41.8 Å². The van der Waals surface area contributed by atoms with Gasteiger partial charge >= 0.3 is 0 Å². The van der Waals surface area contributed by atoms with Crippen molar-refractivity contribution in [2.75, 3.05) is 0 Å². The molecule has 0 spiro atoms. The molecule has 5 nitrogen and oxygen atoms in total. The monoisotopic (exact) mass is 245 g/mol. The van der Waals surface area contributed by atoms with Gasteiger partial charge in [0, 0.05) is 6.42 Å². The second-order valence-corrected chi connectivity index (χ2v) is 3.61. The van der Waals surface area contributed by atoms with E-state index >= 15 is 0 Å². The van der Waals surface area contributed by atoms with Crippen LogP contribution in [0.4, 0.5) is 0 Å². The first-order valence-corrected chi connectivity index (χ1v) is 5.34. The first-order valence-electron chi connectivity index (χ1n) is 4.38. The summed E-state index contributed by atoms with van der Waals surface area (Å²) in [5.41, 5.74) is 0. The molecule has 6 heteroatoms. The number of nitrogens with zero attached hydrogens (tertiary/aromatic N) is 1. The van der Waals surface area contributed by atoms with Gasteiger partial charge in [-0.25, -0.2) is 0 Å². The lowest BCUT2D eigenvalue weighted by molar-refractivity contribution is -0.402. The van der Waals surface area contributed by atoms with E-state index in [1.165, 1.54) is 16.2 Å². The zero-order valence-electron chi connectivity index (χ0n) is 8.87. The third-order valence-corrected chi connectivity index (χ3v) is 2.54. The van der Waals surface area contributed by atoms with Crippen LogP contribution >= 0.6 is 11.3 Å². The van der Waals surface area contributed by atoms with Crippen LogP contribution in [0, 0.1) is 15.3 Å². The van der Waals surface area contributed by atoms with E-state index < -0.39 is 5.09 Å². The lowest BCUT2D eigenvalue weighted by atomic mass is 10.4. The van der Waals surface area contributed by atoms with Crippen molar-refractivity contribution in [2.24, 2.45) is 0 Å². The summed E-state index contributed by atoms with van der Waals surface area (Å²) >= 11 is 1.32. The average molecular weight is 245 g/mol. The lowest BCUT2D eigenvalue weighted by Gasteiger charge is -1.76. The van der Waals surface area contributed by atoms with Crippen molar-refractivity contribution >= 4 is 11.3 Å². The van der Waals surface area contributed by atoms with E-state index in [0.717, 1.165) is 6.42 Å². The van der Waals surface area contributed by atoms with Gasteiger partial charge < -0.3 is 20.8 Å². The van der Waals surface area contributed by atoms with Crippen LogP contribution in [-0.4, -0.2) is 10.6 Å². The molecule has 0 bridgehead atoms. The molecular formula is C10H15NO4S. The Kier molecular flexibility index (Phi) is 12.0. The van der Waals surface area contributed by atoms with Crippen molar-refractivity contribution in [3.05, 3.63) is 62.0 Å². The number of hydrogen-bond acceptors (Lipinski definition) is 3. The van der Waals surface area contributed by atoms with Gasteiger partial charge in [0.2, 0.25) is 0 Å². The third kappa shape index (κ3) is 12.3. The standard InChI is InChI=1S/C10H12S.NO3.H2O/c1-2-10-8-6-4-3-5-7-9-11-10;2-1(3)4;/h3-9H,2H2,1H3;;1H2/q;-1;/p+1. The Hall–Kier alpha value is -1.66. The van der Waals surface area contributed by atoms with Gasteiger partial charge in [0.1, 0.15) is 10.3 Å². The third-order valence-electron chi connectivity index (χ3n) is 1.42. The van der Waals surface area contributed by atoms with Crippen LogP contribution in [0.1, 0.15) is 11.8 Å². The van der Waals surface area contributed by atoms with Crippen molar-refractivity contribution in [3.63, 3.8) is 0 Å². The predicted octanol–water partition coefficient (Wildman–Crippen LogP) is 2.10. The topological polar surface area (TPSA) is 97.7 Å². The Bertz CT molecular complexity index is 311. The Morgan fingerprint density at radius 1 is 1.19 bits per heavy atom. The van der Waals surface area contributed by atoms with Gasteiger partial charge in [0.25, 0.3) is 0 Å². The molecule has 1 heterocycles. The minimum Gasteiger partial charge on any atom is -0.412 e. The highest BCUT2D eigenvalue weighted by Gasteiger charge is 1.87. The van der Waals surface area contributed by atoms with E-state index in [2.05, 4.69) is 42.6 Å².